The highest BCUT2D eigenvalue weighted by molar-refractivity contribution is 6.25. The third-order valence-corrected chi connectivity index (χ3v) is 16.7. The fraction of sp³-hybridized carbons (Fsp3) is 0. The average molecular weight is 1000 g/mol. The van der Waals surface area contributed by atoms with Crippen molar-refractivity contribution < 1.29 is 0 Å². The molecule has 364 valence electrons. The van der Waals surface area contributed by atoms with Gasteiger partial charge in [-0.1, -0.05) is 152 Å². The maximum absolute atomic E-state index is 11.7. The standard InChI is InChI=1S/C72H41N7/c73-42-45-39-69(46(43-74)38-68(45)78-66-37-32-49(41-59(66)70-50-19-5-4-16-44(50)30-35-67(70)78)76-62-27-13-8-22-53(62)54-23-9-14-28-63(54)76)79-65-36-31-48(75-60-25-11-6-20-51(60)52-21-7-12-26-61(52)75)40-58(65)57-34-33-56-55-24-10-15-29-64(55)77(71(56)72(57)79)47-17-2-1-3-18-47/h1-41H. The van der Waals surface area contributed by atoms with Crippen LogP contribution in [-0.2, 0) is 0 Å². The van der Waals surface area contributed by atoms with Gasteiger partial charge in [0.2, 0.25) is 0 Å². The Morgan fingerprint density at radius 3 is 1.18 bits per heavy atom. The minimum absolute atomic E-state index is 0.441. The Hall–Kier alpha value is -11.1. The van der Waals surface area contributed by atoms with Crippen LogP contribution in [0.25, 0.3) is 148 Å². The minimum atomic E-state index is 0.441. The summed E-state index contributed by atoms with van der Waals surface area (Å²) in [7, 11) is 0. The molecular formula is C72H41N7. The van der Waals surface area contributed by atoms with E-state index in [1.165, 1.54) is 21.5 Å². The van der Waals surface area contributed by atoms with Gasteiger partial charge in [-0.25, -0.2) is 0 Å². The van der Waals surface area contributed by atoms with Gasteiger partial charge < -0.3 is 22.8 Å². The summed E-state index contributed by atoms with van der Waals surface area (Å²) in [5, 5.41) is 36.7. The summed E-state index contributed by atoms with van der Waals surface area (Å²) in [6.07, 6.45) is 0. The summed E-state index contributed by atoms with van der Waals surface area (Å²) >= 11 is 0. The van der Waals surface area contributed by atoms with Gasteiger partial charge in [0, 0.05) is 70.9 Å². The van der Waals surface area contributed by atoms with E-state index < -0.39 is 0 Å². The highest BCUT2D eigenvalue weighted by Gasteiger charge is 2.26. The molecule has 0 radical (unpaired) electrons. The summed E-state index contributed by atoms with van der Waals surface area (Å²) in [6.45, 7) is 0. The van der Waals surface area contributed by atoms with E-state index in [9.17, 15) is 10.5 Å². The topological polar surface area (TPSA) is 72.2 Å². The molecule has 7 nitrogen and oxygen atoms in total. The zero-order chi connectivity index (χ0) is 52.0. The molecule has 0 fully saturated rings. The molecule has 0 saturated heterocycles. The van der Waals surface area contributed by atoms with Crippen LogP contribution in [0.5, 0.6) is 0 Å². The molecule has 0 spiro atoms. The van der Waals surface area contributed by atoms with Gasteiger partial charge in [0.05, 0.1) is 77.7 Å². The molecule has 5 aromatic heterocycles. The molecule has 0 saturated carbocycles. The Bertz CT molecular complexity index is 5480. The van der Waals surface area contributed by atoms with Crippen molar-refractivity contribution in [2.24, 2.45) is 0 Å². The van der Waals surface area contributed by atoms with E-state index in [2.05, 4.69) is 272 Å². The van der Waals surface area contributed by atoms with Crippen LogP contribution < -0.4 is 0 Å². The van der Waals surface area contributed by atoms with E-state index in [4.69, 9.17) is 0 Å². The number of para-hydroxylation sites is 6. The molecule has 0 aliphatic carbocycles. The number of fused-ring (bicyclic) bond motifs is 18. The van der Waals surface area contributed by atoms with Gasteiger partial charge in [0.25, 0.3) is 0 Å². The largest absolute Gasteiger partial charge is 0.309 e. The van der Waals surface area contributed by atoms with Crippen molar-refractivity contribution in [3.63, 3.8) is 0 Å². The molecule has 0 bridgehead atoms. The lowest BCUT2D eigenvalue weighted by Crippen LogP contribution is -2.05. The lowest BCUT2D eigenvalue weighted by Gasteiger charge is -2.17. The number of aromatic nitrogens is 5. The van der Waals surface area contributed by atoms with Crippen molar-refractivity contribution in [2.45, 2.75) is 0 Å². The number of nitrogens with zero attached hydrogens (tertiary/aromatic N) is 7. The molecule has 12 aromatic carbocycles. The van der Waals surface area contributed by atoms with Crippen LogP contribution in [0.2, 0.25) is 0 Å². The van der Waals surface area contributed by atoms with Crippen LogP contribution in [0, 0.1) is 22.7 Å². The molecular weight excluding hydrogens is 963 g/mol. The predicted octanol–water partition coefficient (Wildman–Crippen LogP) is 18.1. The highest BCUT2D eigenvalue weighted by atomic mass is 15.1. The van der Waals surface area contributed by atoms with Gasteiger partial charge in [-0.2, -0.15) is 10.5 Å². The van der Waals surface area contributed by atoms with Crippen LogP contribution in [0.1, 0.15) is 11.1 Å². The molecule has 17 aromatic rings. The first-order valence-corrected chi connectivity index (χ1v) is 26.6. The SMILES string of the molecule is N#Cc1cc(-n2c3ccc(-n4c5ccccc5c5ccccc54)cc3c3ccc4c5ccccc5n(-c5ccccc5)c4c32)c(C#N)cc1-n1c2ccc(-n3c4ccccc4c4ccccc43)cc2c2c3ccccc3ccc21. The second-order valence-electron chi connectivity index (χ2n) is 20.7. The molecule has 79 heavy (non-hydrogen) atoms. The van der Waals surface area contributed by atoms with E-state index in [1.807, 2.05) is 12.1 Å². The lowest BCUT2D eigenvalue weighted by atomic mass is 10.0. The number of hydrogen-bond donors (Lipinski definition) is 0. The third-order valence-electron chi connectivity index (χ3n) is 16.7. The lowest BCUT2D eigenvalue weighted by molar-refractivity contribution is 1.11. The Kier molecular flexibility index (Phi) is 8.85. The summed E-state index contributed by atoms with van der Waals surface area (Å²) in [5.74, 6) is 0. The maximum Gasteiger partial charge on any atom is 0.101 e. The van der Waals surface area contributed by atoms with Crippen LogP contribution >= 0.6 is 0 Å². The molecule has 0 aliphatic rings. The molecule has 0 amide bonds. The van der Waals surface area contributed by atoms with Crippen LogP contribution in [-0.4, -0.2) is 22.8 Å². The zero-order valence-electron chi connectivity index (χ0n) is 42.3. The smallest absolute Gasteiger partial charge is 0.101 e. The maximum atomic E-state index is 11.7. The van der Waals surface area contributed by atoms with Crippen molar-refractivity contribution in [2.75, 3.05) is 0 Å². The van der Waals surface area contributed by atoms with E-state index in [0.717, 1.165) is 115 Å². The zero-order valence-corrected chi connectivity index (χ0v) is 42.3. The number of hydrogen-bond acceptors (Lipinski definition) is 2. The van der Waals surface area contributed by atoms with Gasteiger partial charge in [-0.15, -0.1) is 0 Å². The average Bonchev–Trinajstić information content (AvgIpc) is 3.87. The van der Waals surface area contributed by atoms with Crippen molar-refractivity contribution in [1.82, 2.24) is 22.8 Å². The van der Waals surface area contributed by atoms with Gasteiger partial charge in [-0.3, -0.25) is 0 Å². The van der Waals surface area contributed by atoms with E-state index >= 15 is 0 Å². The van der Waals surface area contributed by atoms with Gasteiger partial charge in [-0.05, 0) is 108 Å². The van der Waals surface area contributed by atoms with E-state index in [0.29, 0.717) is 22.5 Å². The second-order valence-corrected chi connectivity index (χ2v) is 20.7. The Balaban J connectivity index is 0.967. The van der Waals surface area contributed by atoms with Crippen LogP contribution in [0.3, 0.4) is 0 Å². The summed E-state index contributed by atoms with van der Waals surface area (Å²) in [5.41, 5.74) is 15.6. The highest BCUT2D eigenvalue weighted by Crippen LogP contribution is 2.46. The quantitative estimate of drug-likeness (QED) is 0.172. The minimum Gasteiger partial charge on any atom is -0.309 e. The molecule has 0 N–H and O–H groups in total. The summed E-state index contributed by atoms with van der Waals surface area (Å²) in [6, 6.07) is 93.5. The molecule has 5 heterocycles. The first-order valence-electron chi connectivity index (χ1n) is 26.6. The normalized spacial score (nSPS) is 12.0. The van der Waals surface area contributed by atoms with E-state index in [1.54, 1.807) is 0 Å². The fourth-order valence-corrected chi connectivity index (χ4v) is 13.5. The first kappa shape index (κ1) is 43.2. The first-order chi connectivity index (χ1) is 39.1. The third kappa shape index (κ3) is 5.88. The molecule has 7 heteroatoms. The van der Waals surface area contributed by atoms with E-state index in [-0.39, 0.29) is 0 Å². The fourth-order valence-electron chi connectivity index (χ4n) is 13.5. The number of rotatable bonds is 5. The molecule has 0 atom stereocenters. The predicted molar refractivity (Wildman–Crippen MR) is 325 cm³/mol. The van der Waals surface area contributed by atoms with Crippen molar-refractivity contribution >= 4 is 120 Å². The number of benzene rings is 12. The van der Waals surface area contributed by atoms with Crippen molar-refractivity contribution in [1.29, 1.82) is 10.5 Å². The Morgan fingerprint density at radius 2 is 0.633 bits per heavy atom. The van der Waals surface area contributed by atoms with Gasteiger partial charge in [0.1, 0.15) is 12.1 Å². The molecule has 17 rings (SSSR count). The Morgan fingerprint density at radius 1 is 0.241 bits per heavy atom. The van der Waals surface area contributed by atoms with Gasteiger partial charge >= 0.3 is 0 Å². The summed E-state index contributed by atoms with van der Waals surface area (Å²) < 4.78 is 11.5. The van der Waals surface area contributed by atoms with Gasteiger partial charge in [0.15, 0.2) is 0 Å². The number of nitriles is 2. The summed E-state index contributed by atoms with van der Waals surface area (Å²) in [4.78, 5) is 0. The second kappa shape index (κ2) is 16.2. The van der Waals surface area contributed by atoms with Crippen LogP contribution in [0.15, 0.2) is 249 Å². The molecule has 0 aliphatic heterocycles. The molecule has 0 unspecified atom stereocenters. The Labute approximate surface area is 451 Å². The monoisotopic (exact) mass is 1000 g/mol. The van der Waals surface area contributed by atoms with Crippen molar-refractivity contribution in [3.8, 4) is 40.6 Å². The van der Waals surface area contributed by atoms with Crippen LogP contribution in [0.4, 0.5) is 0 Å². The van der Waals surface area contributed by atoms with Crippen molar-refractivity contribution in [3.05, 3.63) is 260 Å².